The summed E-state index contributed by atoms with van der Waals surface area (Å²) in [6.45, 7) is 1.82. The molecule has 0 aromatic heterocycles. The summed E-state index contributed by atoms with van der Waals surface area (Å²) in [7, 11) is 3.21. The number of hydrogen-bond donors (Lipinski definition) is 1. The second kappa shape index (κ2) is 6.80. The van der Waals surface area contributed by atoms with Gasteiger partial charge in [0.1, 0.15) is 0 Å². The number of carbonyl (C=O) groups is 1. The van der Waals surface area contributed by atoms with E-state index >= 15 is 0 Å². The van der Waals surface area contributed by atoms with Crippen molar-refractivity contribution in [2.24, 2.45) is 0 Å². The number of benzene rings is 2. The summed E-state index contributed by atoms with van der Waals surface area (Å²) in [6.07, 6.45) is 0. The summed E-state index contributed by atoms with van der Waals surface area (Å²) in [5.41, 5.74) is 1.19. The first-order chi connectivity index (χ1) is 10.1. The van der Waals surface area contributed by atoms with Crippen LogP contribution in [0.2, 0.25) is 0 Å². The Kier molecular flexibility index (Phi) is 5.06. The molecule has 112 valence electrons. The number of halogens is 1. The number of carboxylic acids is 1. The van der Waals surface area contributed by atoms with E-state index in [1.165, 1.54) is 0 Å². The van der Waals surface area contributed by atoms with Crippen molar-refractivity contribution < 1.29 is 40.6 Å². The van der Waals surface area contributed by atoms with Crippen LogP contribution in [0, 0.1) is 14.1 Å². The monoisotopic (exact) mass is 399 g/mol. The van der Waals surface area contributed by atoms with Crippen LogP contribution in [0.3, 0.4) is 0 Å². The van der Waals surface area contributed by atoms with Gasteiger partial charge in [-0.3, -0.25) is 0 Å². The predicted molar refractivity (Wildman–Crippen MR) is 75.1 cm³/mol. The van der Waals surface area contributed by atoms with Gasteiger partial charge in [-0.05, 0) is 0 Å². The number of aryl methyl sites for hydroxylation is 1. The summed E-state index contributed by atoms with van der Waals surface area (Å²) in [5, 5.41) is 9.40. The summed E-state index contributed by atoms with van der Waals surface area (Å²) < 4.78 is 12.5. The van der Waals surface area contributed by atoms with Gasteiger partial charge in [0.2, 0.25) is 0 Å². The molecule has 0 bridgehead atoms. The van der Waals surface area contributed by atoms with Crippen LogP contribution in [-0.4, -0.2) is 25.3 Å². The molecule has 0 atom stereocenters. The van der Waals surface area contributed by atoms with E-state index in [9.17, 15) is 9.90 Å². The molecule has 0 saturated carbocycles. The quantitative estimate of drug-likeness (QED) is 0.711. The van der Waals surface area contributed by atoms with E-state index < -0.39 is 27.2 Å². The Bertz CT molecular complexity index is 667. The maximum absolute atomic E-state index is 11.5. The zero-order valence-corrected chi connectivity index (χ0v) is 14.2. The summed E-state index contributed by atoms with van der Waals surface area (Å²) in [5.74, 6) is 0.581. The zero-order valence-electron chi connectivity index (χ0n) is 12.0. The summed E-state index contributed by atoms with van der Waals surface area (Å²) >= 11 is -0.651. The number of carboxylic acid groups (broad SMARTS) is 1. The van der Waals surface area contributed by atoms with Crippen LogP contribution in [0.15, 0.2) is 36.4 Å². The molecule has 2 aromatic rings. The Hall–Kier alpha value is -1.76. The molecule has 0 fully saturated rings. The topological polar surface area (TPSA) is 55.8 Å². The minimum absolute atomic E-state index is 0.406. The average Bonchev–Trinajstić information content (AvgIpc) is 2.47. The molecule has 0 aliphatic rings. The van der Waals surface area contributed by atoms with Crippen molar-refractivity contribution in [1.29, 1.82) is 0 Å². The molecule has 0 aliphatic carbocycles. The van der Waals surface area contributed by atoms with Crippen LogP contribution >= 0.6 is 0 Å². The Morgan fingerprint density at radius 2 is 1.86 bits per heavy atom. The molecule has 0 radical (unpaired) electrons. The third-order valence-electron chi connectivity index (χ3n) is 3.00. The van der Waals surface area contributed by atoms with Gasteiger partial charge in [0.25, 0.3) is 0 Å². The molecular formula is C16H16IO4-. The Morgan fingerprint density at radius 1 is 1.10 bits per heavy atom. The normalized spacial score (nSPS) is 10.4. The third kappa shape index (κ3) is 3.47. The molecule has 2 aromatic carbocycles. The van der Waals surface area contributed by atoms with Crippen molar-refractivity contribution in [1.82, 2.24) is 0 Å². The molecular weight excluding hydrogens is 383 g/mol. The van der Waals surface area contributed by atoms with Gasteiger partial charge in [0.05, 0.1) is 0 Å². The van der Waals surface area contributed by atoms with E-state index in [1.54, 1.807) is 14.2 Å². The van der Waals surface area contributed by atoms with E-state index in [1.807, 2.05) is 43.3 Å². The molecule has 21 heavy (non-hydrogen) atoms. The van der Waals surface area contributed by atoms with Gasteiger partial charge in [0.15, 0.2) is 0 Å². The summed E-state index contributed by atoms with van der Waals surface area (Å²) in [6, 6.07) is 11.2. The third-order valence-corrected chi connectivity index (χ3v) is 5.95. The molecule has 0 amide bonds. The van der Waals surface area contributed by atoms with Crippen molar-refractivity contribution in [3.63, 3.8) is 0 Å². The van der Waals surface area contributed by atoms with E-state index in [4.69, 9.17) is 9.47 Å². The van der Waals surface area contributed by atoms with Crippen LogP contribution in [0.1, 0.15) is 15.9 Å². The van der Waals surface area contributed by atoms with Gasteiger partial charge >= 0.3 is 134 Å². The molecule has 5 heteroatoms. The zero-order chi connectivity index (χ0) is 15.4. The number of hydrogen-bond acceptors (Lipinski definition) is 3. The fourth-order valence-electron chi connectivity index (χ4n) is 1.94. The van der Waals surface area contributed by atoms with Crippen LogP contribution in [-0.2, 0) is 0 Å². The van der Waals surface area contributed by atoms with Gasteiger partial charge in [-0.25, -0.2) is 0 Å². The van der Waals surface area contributed by atoms with E-state index in [0.717, 1.165) is 24.2 Å². The fourth-order valence-corrected chi connectivity index (χ4v) is 4.88. The van der Waals surface area contributed by atoms with Gasteiger partial charge in [0, 0.05) is 0 Å². The van der Waals surface area contributed by atoms with Crippen molar-refractivity contribution in [3.05, 3.63) is 54.7 Å². The van der Waals surface area contributed by atoms with Crippen molar-refractivity contribution >= 4 is 5.97 Å². The Labute approximate surface area is 134 Å². The number of rotatable bonds is 5. The first-order valence-corrected chi connectivity index (χ1v) is 8.42. The van der Waals surface area contributed by atoms with E-state index in [-0.39, 0.29) is 0 Å². The summed E-state index contributed by atoms with van der Waals surface area (Å²) in [4.78, 5) is 11.5. The fraction of sp³-hybridized carbons (Fsp3) is 0.188. The maximum atomic E-state index is 11.5. The van der Waals surface area contributed by atoms with Crippen LogP contribution in [0.25, 0.3) is 0 Å². The number of aromatic carboxylic acids is 1. The molecule has 0 saturated heterocycles. The van der Waals surface area contributed by atoms with Crippen molar-refractivity contribution in [2.45, 2.75) is 6.92 Å². The number of methoxy groups -OCH3 is 2. The van der Waals surface area contributed by atoms with Crippen LogP contribution in [0.4, 0.5) is 0 Å². The Morgan fingerprint density at radius 3 is 2.48 bits per heavy atom. The van der Waals surface area contributed by atoms with Crippen molar-refractivity contribution in [3.8, 4) is 11.5 Å². The average molecular weight is 399 g/mol. The van der Waals surface area contributed by atoms with E-state index in [2.05, 4.69) is 0 Å². The van der Waals surface area contributed by atoms with Gasteiger partial charge < -0.3 is 0 Å². The molecule has 0 unspecified atom stereocenters. The molecule has 0 aliphatic heterocycles. The predicted octanol–water partition coefficient (Wildman–Crippen LogP) is -0.161. The van der Waals surface area contributed by atoms with E-state index in [0.29, 0.717) is 5.56 Å². The SMILES string of the molecule is COc1ccc([I-]c2cccc(C)c2C(=O)O)c(OC)c1. The standard InChI is InChI=1S/C16H16IO4/c1-10-5-4-6-13(15(10)16(18)19)17-12-8-7-11(20-2)9-14(12)21-3/h4-9H,1-3H3,(H,18,19)/q-1. The van der Waals surface area contributed by atoms with Crippen LogP contribution in [0.5, 0.6) is 11.5 Å². The second-order valence-electron chi connectivity index (χ2n) is 4.33. The number of ether oxygens (including phenoxy) is 2. The molecule has 0 spiro atoms. The molecule has 1 N–H and O–H groups in total. The minimum atomic E-state index is -0.879. The van der Waals surface area contributed by atoms with Crippen molar-refractivity contribution in [2.75, 3.05) is 14.2 Å². The first-order valence-electron chi connectivity index (χ1n) is 6.26. The molecule has 0 heterocycles. The molecule has 2 rings (SSSR count). The van der Waals surface area contributed by atoms with Gasteiger partial charge in [-0.1, -0.05) is 0 Å². The van der Waals surface area contributed by atoms with Gasteiger partial charge in [-0.2, -0.15) is 0 Å². The van der Waals surface area contributed by atoms with Gasteiger partial charge in [-0.15, -0.1) is 0 Å². The van der Waals surface area contributed by atoms with Crippen LogP contribution < -0.4 is 30.7 Å². The molecule has 4 nitrogen and oxygen atoms in total. The Balaban J connectivity index is 2.43. The second-order valence-corrected chi connectivity index (χ2v) is 7.20. The first kappa shape index (κ1) is 15.6.